The summed E-state index contributed by atoms with van der Waals surface area (Å²) in [5.41, 5.74) is 2.81. The highest BCUT2D eigenvalue weighted by Gasteiger charge is 2.04. The van der Waals surface area contributed by atoms with Crippen molar-refractivity contribution in [2.24, 2.45) is 0 Å². The van der Waals surface area contributed by atoms with E-state index in [-0.39, 0.29) is 0 Å². The first kappa shape index (κ1) is 13.5. The molecule has 1 aromatic heterocycles. The molecule has 0 atom stereocenters. The van der Waals surface area contributed by atoms with Crippen molar-refractivity contribution in [2.75, 3.05) is 5.32 Å². The van der Waals surface area contributed by atoms with Gasteiger partial charge in [0.1, 0.15) is 12.1 Å². The molecular weight excluding hydrogens is 328 g/mol. The maximum atomic E-state index is 8.68. The fourth-order valence-electron chi connectivity index (χ4n) is 2.06. The Balaban J connectivity index is 1.94. The number of nitriles is 1. The molecule has 21 heavy (non-hydrogen) atoms. The van der Waals surface area contributed by atoms with Gasteiger partial charge in [0.25, 0.3) is 0 Å². The van der Waals surface area contributed by atoms with E-state index in [1.165, 1.54) is 0 Å². The summed E-state index contributed by atoms with van der Waals surface area (Å²) in [6, 6.07) is 15.8. The van der Waals surface area contributed by atoms with Crippen LogP contribution in [-0.2, 0) is 6.42 Å². The van der Waals surface area contributed by atoms with Crippen LogP contribution < -0.4 is 5.32 Å². The van der Waals surface area contributed by atoms with E-state index in [1.807, 2.05) is 42.5 Å². The normalized spacial score (nSPS) is 10.3. The zero-order valence-electron chi connectivity index (χ0n) is 11.0. The average Bonchev–Trinajstić information content (AvgIpc) is 2.50. The van der Waals surface area contributed by atoms with Gasteiger partial charge in [-0.25, -0.2) is 9.97 Å². The largest absolute Gasteiger partial charge is 0.340 e. The van der Waals surface area contributed by atoms with Gasteiger partial charge in [-0.2, -0.15) is 5.26 Å². The predicted octanol–water partition coefficient (Wildman–Crippen LogP) is 4.20. The van der Waals surface area contributed by atoms with E-state index in [0.29, 0.717) is 6.42 Å². The molecule has 0 unspecified atom stereocenters. The van der Waals surface area contributed by atoms with Crippen molar-refractivity contribution in [2.45, 2.75) is 6.42 Å². The number of anilines is 2. The molecule has 102 valence electrons. The molecule has 4 nitrogen and oxygen atoms in total. The molecule has 1 heterocycles. The molecular formula is C16H11BrN4. The Bertz CT molecular complexity index is 822. The Kier molecular flexibility index (Phi) is 3.80. The standard InChI is InChI=1S/C16H11BrN4/c17-12-3-6-15-14(9-12)16(20-10-19-15)21-13-4-1-11(2-5-13)7-8-18/h1-6,9-10H,7H2,(H,19,20,21). The van der Waals surface area contributed by atoms with Crippen LogP contribution in [0.15, 0.2) is 53.3 Å². The first-order valence-electron chi connectivity index (χ1n) is 6.39. The second-order valence-corrected chi connectivity index (χ2v) is 5.46. The fourth-order valence-corrected chi connectivity index (χ4v) is 2.42. The van der Waals surface area contributed by atoms with Crippen LogP contribution in [0.4, 0.5) is 11.5 Å². The number of hydrogen-bond donors (Lipinski definition) is 1. The summed E-state index contributed by atoms with van der Waals surface area (Å²) in [7, 11) is 0. The average molecular weight is 339 g/mol. The van der Waals surface area contributed by atoms with Crippen molar-refractivity contribution in [3.8, 4) is 6.07 Å². The lowest BCUT2D eigenvalue weighted by Gasteiger charge is -2.09. The second kappa shape index (κ2) is 5.90. The lowest BCUT2D eigenvalue weighted by Crippen LogP contribution is -1.96. The van der Waals surface area contributed by atoms with Gasteiger partial charge in [-0.1, -0.05) is 28.1 Å². The Morgan fingerprint density at radius 2 is 1.90 bits per heavy atom. The minimum Gasteiger partial charge on any atom is -0.340 e. The topological polar surface area (TPSA) is 61.6 Å². The maximum Gasteiger partial charge on any atom is 0.141 e. The number of hydrogen-bond acceptors (Lipinski definition) is 4. The SMILES string of the molecule is N#CCc1ccc(Nc2ncnc3ccc(Br)cc23)cc1. The van der Waals surface area contributed by atoms with Gasteiger partial charge in [0.15, 0.2) is 0 Å². The van der Waals surface area contributed by atoms with E-state index in [0.717, 1.165) is 32.4 Å². The molecule has 0 radical (unpaired) electrons. The molecule has 1 N–H and O–H groups in total. The van der Waals surface area contributed by atoms with E-state index in [2.05, 4.69) is 37.3 Å². The number of halogens is 1. The Morgan fingerprint density at radius 3 is 2.67 bits per heavy atom. The summed E-state index contributed by atoms with van der Waals surface area (Å²) in [6.45, 7) is 0. The van der Waals surface area contributed by atoms with Gasteiger partial charge in [0.05, 0.1) is 18.0 Å². The lowest BCUT2D eigenvalue weighted by molar-refractivity contribution is 1.21. The van der Waals surface area contributed by atoms with Crippen molar-refractivity contribution in [1.29, 1.82) is 5.26 Å². The van der Waals surface area contributed by atoms with Crippen molar-refractivity contribution in [1.82, 2.24) is 9.97 Å². The van der Waals surface area contributed by atoms with E-state index < -0.39 is 0 Å². The zero-order chi connectivity index (χ0) is 14.7. The summed E-state index contributed by atoms with van der Waals surface area (Å²) in [6.07, 6.45) is 1.96. The van der Waals surface area contributed by atoms with Crippen LogP contribution in [0.25, 0.3) is 10.9 Å². The minimum atomic E-state index is 0.420. The lowest BCUT2D eigenvalue weighted by atomic mass is 10.1. The molecule has 0 aliphatic heterocycles. The number of rotatable bonds is 3. The van der Waals surface area contributed by atoms with Gasteiger partial charge in [-0.05, 0) is 35.9 Å². The second-order valence-electron chi connectivity index (χ2n) is 4.54. The van der Waals surface area contributed by atoms with Crippen LogP contribution >= 0.6 is 15.9 Å². The molecule has 2 aromatic carbocycles. The van der Waals surface area contributed by atoms with Crippen molar-refractivity contribution >= 4 is 38.3 Å². The monoisotopic (exact) mass is 338 g/mol. The van der Waals surface area contributed by atoms with Gasteiger partial charge >= 0.3 is 0 Å². The molecule has 0 amide bonds. The van der Waals surface area contributed by atoms with E-state index in [9.17, 15) is 0 Å². The van der Waals surface area contributed by atoms with Crippen molar-refractivity contribution < 1.29 is 0 Å². The molecule has 0 aliphatic carbocycles. The molecule has 0 saturated heterocycles. The van der Waals surface area contributed by atoms with Crippen LogP contribution in [0.2, 0.25) is 0 Å². The Hall–Kier alpha value is -2.45. The summed E-state index contributed by atoms with van der Waals surface area (Å²) < 4.78 is 0.984. The number of nitrogens with zero attached hydrogens (tertiary/aromatic N) is 3. The van der Waals surface area contributed by atoms with Crippen LogP contribution in [0.1, 0.15) is 5.56 Å². The smallest absolute Gasteiger partial charge is 0.141 e. The summed E-state index contributed by atoms with van der Waals surface area (Å²) in [5, 5.41) is 12.9. The summed E-state index contributed by atoms with van der Waals surface area (Å²) in [4.78, 5) is 8.56. The Labute approximate surface area is 130 Å². The van der Waals surface area contributed by atoms with Crippen LogP contribution in [-0.4, -0.2) is 9.97 Å². The van der Waals surface area contributed by atoms with Gasteiger partial charge in [0, 0.05) is 15.5 Å². The third kappa shape index (κ3) is 3.01. The Morgan fingerprint density at radius 1 is 1.10 bits per heavy atom. The highest BCUT2D eigenvalue weighted by Crippen LogP contribution is 2.25. The zero-order valence-corrected chi connectivity index (χ0v) is 12.6. The highest BCUT2D eigenvalue weighted by atomic mass is 79.9. The fraction of sp³-hybridized carbons (Fsp3) is 0.0625. The third-order valence-corrected chi connectivity index (χ3v) is 3.59. The minimum absolute atomic E-state index is 0.420. The quantitative estimate of drug-likeness (QED) is 0.777. The predicted molar refractivity (Wildman–Crippen MR) is 86.3 cm³/mol. The van der Waals surface area contributed by atoms with Crippen LogP contribution in [0, 0.1) is 11.3 Å². The van der Waals surface area contributed by atoms with Crippen LogP contribution in [0.5, 0.6) is 0 Å². The highest BCUT2D eigenvalue weighted by molar-refractivity contribution is 9.10. The molecule has 0 bridgehead atoms. The van der Waals surface area contributed by atoms with Crippen LogP contribution in [0.3, 0.4) is 0 Å². The van der Waals surface area contributed by atoms with Gasteiger partial charge < -0.3 is 5.32 Å². The molecule has 3 aromatic rings. The van der Waals surface area contributed by atoms with E-state index in [4.69, 9.17) is 5.26 Å². The van der Waals surface area contributed by atoms with E-state index in [1.54, 1.807) is 6.33 Å². The molecule has 0 spiro atoms. The molecule has 5 heteroatoms. The molecule has 0 aliphatic rings. The van der Waals surface area contributed by atoms with Gasteiger partial charge in [-0.3, -0.25) is 0 Å². The first-order chi connectivity index (χ1) is 10.3. The first-order valence-corrected chi connectivity index (χ1v) is 7.19. The van der Waals surface area contributed by atoms with Gasteiger partial charge in [-0.15, -0.1) is 0 Å². The number of nitrogens with one attached hydrogen (secondary N) is 1. The van der Waals surface area contributed by atoms with Crippen molar-refractivity contribution in [3.05, 3.63) is 58.8 Å². The third-order valence-electron chi connectivity index (χ3n) is 3.10. The number of fused-ring (bicyclic) bond motifs is 1. The molecule has 3 rings (SSSR count). The maximum absolute atomic E-state index is 8.68. The number of benzene rings is 2. The van der Waals surface area contributed by atoms with E-state index >= 15 is 0 Å². The molecule has 0 fully saturated rings. The summed E-state index contributed by atoms with van der Waals surface area (Å²) in [5.74, 6) is 0.759. The molecule has 0 saturated carbocycles. The number of aromatic nitrogens is 2. The summed E-state index contributed by atoms with van der Waals surface area (Å²) >= 11 is 3.46. The van der Waals surface area contributed by atoms with Gasteiger partial charge in [0.2, 0.25) is 0 Å². The van der Waals surface area contributed by atoms with Crippen molar-refractivity contribution in [3.63, 3.8) is 0 Å².